The average molecular weight is 278 g/mol. The van der Waals surface area contributed by atoms with Gasteiger partial charge in [-0.25, -0.2) is 9.48 Å². The Labute approximate surface area is 114 Å². The summed E-state index contributed by atoms with van der Waals surface area (Å²) in [5.41, 5.74) is 1.99. The largest absolute Gasteiger partial charge is 0.476 e. The van der Waals surface area contributed by atoms with Crippen LogP contribution in [0.3, 0.4) is 0 Å². The highest BCUT2D eigenvalue weighted by Crippen LogP contribution is 2.18. The second-order valence-electron chi connectivity index (χ2n) is 4.32. The Kier molecular flexibility index (Phi) is 3.51. The summed E-state index contributed by atoms with van der Waals surface area (Å²) in [6.45, 7) is 3.52. The van der Waals surface area contributed by atoms with Crippen molar-refractivity contribution in [1.82, 2.24) is 24.8 Å². The molecule has 0 fully saturated rings. The van der Waals surface area contributed by atoms with Gasteiger partial charge in [-0.05, 0) is 13.8 Å². The lowest BCUT2D eigenvalue weighted by atomic mass is 10.3. The average Bonchev–Trinajstić information content (AvgIpc) is 2.91. The van der Waals surface area contributed by atoms with Crippen molar-refractivity contribution in [2.24, 2.45) is 7.05 Å². The molecule has 0 bridgehead atoms. The molecule has 2 N–H and O–H groups in total. The van der Waals surface area contributed by atoms with Crippen LogP contribution in [0.15, 0.2) is 6.20 Å². The molecule has 0 unspecified atom stereocenters. The van der Waals surface area contributed by atoms with Crippen LogP contribution in [-0.2, 0) is 18.4 Å². The molecular weight excluding hydrogens is 264 g/mol. The van der Waals surface area contributed by atoms with Gasteiger partial charge in [-0.1, -0.05) is 5.21 Å². The van der Waals surface area contributed by atoms with E-state index in [2.05, 4.69) is 20.7 Å². The molecule has 1 amide bonds. The molecule has 20 heavy (non-hydrogen) atoms. The van der Waals surface area contributed by atoms with Gasteiger partial charge in [0.05, 0.1) is 23.3 Å². The number of aromatic nitrogens is 5. The third-order valence-corrected chi connectivity index (χ3v) is 2.84. The Hall–Kier alpha value is -2.71. The van der Waals surface area contributed by atoms with Crippen molar-refractivity contribution in [2.75, 3.05) is 5.32 Å². The van der Waals surface area contributed by atoms with Crippen molar-refractivity contribution in [2.45, 2.75) is 20.4 Å². The number of carbonyl (C=O) groups is 2. The summed E-state index contributed by atoms with van der Waals surface area (Å²) in [4.78, 5) is 22.5. The zero-order valence-corrected chi connectivity index (χ0v) is 11.3. The number of hydrogen-bond acceptors (Lipinski definition) is 5. The van der Waals surface area contributed by atoms with E-state index in [0.29, 0.717) is 11.4 Å². The molecule has 0 aliphatic heterocycles. The van der Waals surface area contributed by atoms with Gasteiger partial charge in [0.1, 0.15) is 6.54 Å². The SMILES string of the molecule is Cc1nn(C)c(C)c1NC(=O)Cn1cc(C(=O)O)nn1. The molecule has 0 aromatic carbocycles. The summed E-state index contributed by atoms with van der Waals surface area (Å²) in [7, 11) is 1.79. The maximum absolute atomic E-state index is 11.9. The molecule has 0 spiro atoms. The van der Waals surface area contributed by atoms with Crippen molar-refractivity contribution in [3.63, 3.8) is 0 Å². The third kappa shape index (κ3) is 2.66. The minimum Gasteiger partial charge on any atom is -0.476 e. The standard InChI is InChI=1S/C11H14N6O3/c1-6-10(7(2)16(3)14-6)12-9(18)5-17-4-8(11(19)20)13-15-17/h4H,5H2,1-3H3,(H,12,18)(H,19,20). The molecule has 0 aliphatic rings. The van der Waals surface area contributed by atoms with Gasteiger partial charge in [-0.15, -0.1) is 5.10 Å². The normalized spacial score (nSPS) is 10.6. The summed E-state index contributed by atoms with van der Waals surface area (Å²) < 4.78 is 2.84. The third-order valence-electron chi connectivity index (χ3n) is 2.84. The van der Waals surface area contributed by atoms with Gasteiger partial charge in [0, 0.05) is 7.05 Å². The van der Waals surface area contributed by atoms with E-state index in [0.717, 1.165) is 5.69 Å². The molecule has 0 radical (unpaired) electrons. The van der Waals surface area contributed by atoms with Crippen LogP contribution in [0.25, 0.3) is 0 Å². The maximum Gasteiger partial charge on any atom is 0.358 e. The van der Waals surface area contributed by atoms with Crippen LogP contribution in [0.5, 0.6) is 0 Å². The molecule has 0 atom stereocenters. The van der Waals surface area contributed by atoms with Gasteiger partial charge in [0.15, 0.2) is 5.69 Å². The lowest BCUT2D eigenvalue weighted by Gasteiger charge is -2.05. The highest BCUT2D eigenvalue weighted by molar-refractivity contribution is 5.91. The van der Waals surface area contributed by atoms with Crippen LogP contribution in [0.4, 0.5) is 5.69 Å². The number of aromatic carboxylic acids is 1. The van der Waals surface area contributed by atoms with Crippen molar-refractivity contribution < 1.29 is 14.7 Å². The molecule has 0 aliphatic carbocycles. The van der Waals surface area contributed by atoms with E-state index in [9.17, 15) is 9.59 Å². The fourth-order valence-electron chi connectivity index (χ4n) is 1.75. The number of carbonyl (C=O) groups excluding carboxylic acids is 1. The number of amides is 1. The number of nitrogens with zero attached hydrogens (tertiary/aromatic N) is 5. The number of hydrogen-bond donors (Lipinski definition) is 2. The van der Waals surface area contributed by atoms with Crippen LogP contribution in [-0.4, -0.2) is 41.8 Å². The van der Waals surface area contributed by atoms with Crippen LogP contribution >= 0.6 is 0 Å². The topological polar surface area (TPSA) is 115 Å². The van der Waals surface area contributed by atoms with Crippen LogP contribution < -0.4 is 5.32 Å². The van der Waals surface area contributed by atoms with Crippen LogP contribution in [0.2, 0.25) is 0 Å². The Morgan fingerprint density at radius 2 is 2.10 bits per heavy atom. The molecule has 2 aromatic rings. The first-order valence-electron chi connectivity index (χ1n) is 5.82. The van der Waals surface area contributed by atoms with E-state index in [4.69, 9.17) is 5.11 Å². The van der Waals surface area contributed by atoms with Gasteiger partial charge < -0.3 is 10.4 Å². The van der Waals surface area contributed by atoms with Crippen molar-refractivity contribution in [3.05, 3.63) is 23.3 Å². The monoisotopic (exact) mass is 278 g/mol. The van der Waals surface area contributed by atoms with Crippen molar-refractivity contribution >= 4 is 17.6 Å². The highest BCUT2D eigenvalue weighted by atomic mass is 16.4. The van der Waals surface area contributed by atoms with Crippen molar-refractivity contribution in [3.8, 4) is 0 Å². The number of aryl methyl sites for hydroxylation is 2. The fraction of sp³-hybridized carbons (Fsp3) is 0.364. The minimum absolute atomic E-state index is 0.117. The summed E-state index contributed by atoms with van der Waals surface area (Å²) in [6.07, 6.45) is 1.20. The van der Waals surface area contributed by atoms with Gasteiger partial charge in [-0.2, -0.15) is 5.10 Å². The maximum atomic E-state index is 11.9. The van der Waals surface area contributed by atoms with Crippen molar-refractivity contribution in [1.29, 1.82) is 0 Å². The number of carboxylic acids is 1. The van der Waals surface area contributed by atoms with E-state index < -0.39 is 5.97 Å². The predicted molar refractivity (Wildman–Crippen MR) is 68.3 cm³/mol. The molecule has 9 heteroatoms. The molecule has 0 saturated carbocycles. The Morgan fingerprint density at radius 3 is 2.60 bits per heavy atom. The zero-order valence-electron chi connectivity index (χ0n) is 11.3. The van der Waals surface area contributed by atoms with E-state index >= 15 is 0 Å². The fourth-order valence-corrected chi connectivity index (χ4v) is 1.75. The van der Waals surface area contributed by atoms with Gasteiger partial charge >= 0.3 is 5.97 Å². The molecule has 9 nitrogen and oxygen atoms in total. The molecule has 2 heterocycles. The molecule has 0 saturated heterocycles. The van der Waals surface area contributed by atoms with E-state index in [1.165, 1.54) is 10.9 Å². The second kappa shape index (κ2) is 5.11. The number of rotatable bonds is 4. The first-order chi connectivity index (χ1) is 9.38. The van der Waals surface area contributed by atoms with Gasteiger partial charge in [-0.3, -0.25) is 9.48 Å². The van der Waals surface area contributed by atoms with Crippen LogP contribution in [0, 0.1) is 13.8 Å². The quantitative estimate of drug-likeness (QED) is 0.811. The minimum atomic E-state index is -1.18. The van der Waals surface area contributed by atoms with Gasteiger partial charge in [0.25, 0.3) is 0 Å². The zero-order chi connectivity index (χ0) is 14.9. The number of anilines is 1. The molecule has 106 valence electrons. The smallest absolute Gasteiger partial charge is 0.358 e. The lowest BCUT2D eigenvalue weighted by Crippen LogP contribution is -2.20. The summed E-state index contributed by atoms with van der Waals surface area (Å²) in [5.74, 6) is -1.51. The Morgan fingerprint density at radius 1 is 1.40 bits per heavy atom. The molecule has 2 rings (SSSR count). The molecular formula is C11H14N6O3. The van der Waals surface area contributed by atoms with E-state index in [1.54, 1.807) is 18.7 Å². The first-order valence-corrected chi connectivity index (χ1v) is 5.82. The van der Waals surface area contributed by atoms with E-state index in [-0.39, 0.29) is 18.1 Å². The van der Waals surface area contributed by atoms with E-state index in [1.807, 2.05) is 6.92 Å². The highest BCUT2D eigenvalue weighted by Gasteiger charge is 2.14. The first kappa shape index (κ1) is 13.7. The number of nitrogens with one attached hydrogen (secondary N) is 1. The van der Waals surface area contributed by atoms with Gasteiger partial charge in [0.2, 0.25) is 5.91 Å². The molecule has 2 aromatic heterocycles. The van der Waals surface area contributed by atoms with Crippen LogP contribution in [0.1, 0.15) is 21.9 Å². The number of carboxylic acid groups (broad SMARTS) is 1. The predicted octanol–water partition coefficient (Wildman–Crippen LogP) is -0.0347. The second-order valence-corrected chi connectivity index (χ2v) is 4.32. The Balaban J connectivity index is 2.07. The lowest BCUT2D eigenvalue weighted by molar-refractivity contribution is -0.116. The summed E-state index contributed by atoms with van der Waals surface area (Å²) >= 11 is 0. The summed E-state index contributed by atoms with van der Waals surface area (Å²) in [5, 5.41) is 22.6. The Bertz CT molecular complexity index is 672. The summed E-state index contributed by atoms with van der Waals surface area (Å²) in [6, 6.07) is 0.